The molecular formula is C18H18N2O4. The number of carbonyl (C=O) groups excluding carboxylic acids is 2. The number of hydrogen-bond donors (Lipinski definition) is 1. The minimum Gasteiger partial charge on any atom is -0.467 e. The molecule has 124 valence electrons. The number of aryl methyl sites for hydroxylation is 1. The van der Waals surface area contributed by atoms with Crippen molar-refractivity contribution in [1.82, 2.24) is 9.88 Å². The van der Waals surface area contributed by atoms with Crippen LogP contribution >= 0.6 is 0 Å². The van der Waals surface area contributed by atoms with Crippen molar-refractivity contribution >= 4 is 22.8 Å². The van der Waals surface area contributed by atoms with Crippen molar-refractivity contribution in [3.63, 3.8) is 0 Å². The van der Waals surface area contributed by atoms with Crippen molar-refractivity contribution in [3.8, 4) is 0 Å². The van der Waals surface area contributed by atoms with Crippen molar-refractivity contribution in [2.75, 3.05) is 0 Å². The van der Waals surface area contributed by atoms with Crippen LogP contribution in [0.4, 0.5) is 0 Å². The van der Waals surface area contributed by atoms with E-state index in [1.54, 1.807) is 25.3 Å². The predicted octanol–water partition coefficient (Wildman–Crippen LogP) is 2.63. The molecule has 0 unspecified atom stereocenters. The summed E-state index contributed by atoms with van der Waals surface area (Å²) in [6.45, 7) is 1.79. The molecule has 0 aliphatic carbocycles. The van der Waals surface area contributed by atoms with Crippen LogP contribution < -0.4 is 5.32 Å². The molecule has 1 amide bonds. The zero-order valence-corrected chi connectivity index (χ0v) is 13.5. The molecule has 6 heteroatoms. The third kappa shape index (κ3) is 3.17. The standard InChI is InChI=1S/C18H18N2O4/c1-12(17(21)19-10-13-6-5-9-23-13)24-18(22)15-11-20(2)16-8-4-3-7-14(15)16/h3-9,11-12H,10H2,1-2H3,(H,19,21)/t12-/m1/s1. The van der Waals surface area contributed by atoms with Gasteiger partial charge in [-0.2, -0.15) is 0 Å². The second kappa shape index (κ2) is 6.62. The van der Waals surface area contributed by atoms with Gasteiger partial charge in [0.1, 0.15) is 5.76 Å². The van der Waals surface area contributed by atoms with E-state index in [-0.39, 0.29) is 12.5 Å². The van der Waals surface area contributed by atoms with Gasteiger partial charge in [-0.1, -0.05) is 18.2 Å². The van der Waals surface area contributed by atoms with Gasteiger partial charge in [-0.05, 0) is 25.1 Å². The Morgan fingerprint density at radius 2 is 2.04 bits per heavy atom. The summed E-state index contributed by atoms with van der Waals surface area (Å²) in [6.07, 6.45) is 2.35. The summed E-state index contributed by atoms with van der Waals surface area (Å²) in [5, 5.41) is 3.47. The Bertz CT molecular complexity index is 864. The Balaban J connectivity index is 1.66. The summed E-state index contributed by atoms with van der Waals surface area (Å²) < 4.78 is 12.3. The smallest absolute Gasteiger partial charge is 0.341 e. The molecule has 0 fully saturated rings. The van der Waals surface area contributed by atoms with Crippen molar-refractivity contribution < 1.29 is 18.7 Å². The first-order valence-corrected chi connectivity index (χ1v) is 7.61. The molecule has 3 aromatic rings. The van der Waals surface area contributed by atoms with Gasteiger partial charge in [-0.3, -0.25) is 4.79 Å². The highest BCUT2D eigenvalue weighted by molar-refractivity contribution is 6.05. The summed E-state index contributed by atoms with van der Waals surface area (Å²) in [5.74, 6) is -0.261. The number of esters is 1. The van der Waals surface area contributed by atoms with Gasteiger partial charge in [0.05, 0.1) is 18.4 Å². The molecule has 1 aromatic carbocycles. The van der Waals surface area contributed by atoms with Crippen molar-refractivity contribution in [1.29, 1.82) is 0 Å². The first kappa shape index (κ1) is 15.9. The molecule has 0 saturated carbocycles. The molecule has 1 N–H and O–H groups in total. The number of ether oxygens (including phenoxy) is 1. The fraction of sp³-hybridized carbons (Fsp3) is 0.222. The number of carbonyl (C=O) groups is 2. The lowest BCUT2D eigenvalue weighted by Gasteiger charge is -2.12. The molecule has 1 atom stereocenters. The highest BCUT2D eigenvalue weighted by Gasteiger charge is 2.21. The highest BCUT2D eigenvalue weighted by atomic mass is 16.5. The summed E-state index contributed by atoms with van der Waals surface area (Å²) in [7, 11) is 1.86. The Kier molecular flexibility index (Phi) is 4.37. The lowest BCUT2D eigenvalue weighted by molar-refractivity contribution is -0.129. The van der Waals surface area contributed by atoms with Crippen LogP contribution in [-0.4, -0.2) is 22.5 Å². The number of benzene rings is 1. The maximum atomic E-state index is 12.4. The second-order valence-electron chi connectivity index (χ2n) is 5.52. The quantitative estimate of drug-likeness (QED) is 0.732. The summed E-state index contributed by atoms with van der Waals surface area (Å²) in [4.78, 5) is 24.4. The first-order valence-electron chi connectivity index (χ1n) is 7.61. The molecule has 0 saturated heterocycles. The number of nitrogens with zero attached hydrogens (tertiary/aromatic N) is 1. The highest BCUT2D eigenvalue weighted by Crippen LogP contribution is 2.21. The fourth-order valence-electron chi connectivity index (χ4n) is 2.51. The SMILES string of the molecule is C[C@@H](OC(=O)c1cn(C)c2ccccc12)C(=O)NCc1ccco1. The summed E-state index contributed by atoms with van der Waals surface area (Å²) in [6, 6.07) is 11.0. The molecule has 0 spiro atoms. The minimum atomic E-state index is -0.897. The number of amides is 1. The van der Waals surface area contributed by atoms with Gasteiger partial charge < -0.3 is 19.0 Å². The van der Waals surface area contributed by atoms with Crippen LogP contribution in [0.2, 0.25) is 0 Å². The molecule has 0 aliphatic heterocycles. The van der Waals surface area contributed by atoms with Gasteiger partial charge in [0.2, 0.25) is 0 Å². The molecular weight excluding hydrogens is 308 g/mol. The van der Waals surface area contributed by atoms with Crippen LogP contribution in [0.3, 0.4) is 0 Å². The zero-order valence-electron chi connectivity index (χ0n) is 13.5. The Morgan fingerprint density at radius 1 is 1.25 bits per heavy atom. The second-order valence-corrected chi connectivity index (χ2v) is 5.52. The average Bonchev–Trinajstić information content (AvgIpc) is 3.21. The third-order valence-corrected chi connectivity index (χ3v) is 3.79. The maximum Gasteiger partial charge on any atom is 0.341 e. The Morgan fingerprint density at radius 3 is 2.79 bits per heavy atom. The fourth-order valence-corrected chi connectivity index (χ4v) is 2.51. The first-order chi connectivity index (χ1) is 11.6. The van der Waals surface area contributed by atoms with Crippen LogP contribution in [0.5, 0.6) is 0 Å². The molecule has 3 rings (SSSR count). The molecule has 0 aliphatic rings. The van der Waals surface area contributed by atoms with Gasteiger partial charge in [0, 0.05) is 24.1 Å². The monoisotopic (exact) mass is 326 g/mol. The number of rotatable bonds is 5. The summed E-state index contributed by atoms with van der Waals surface area (Å²) in [5.41, 5.74) is 1.37. The normalized spacial score (nSPS) is 12.1. The van der Waals surface area contributed by atoms with Gasteiger partial charge in [-0.25, -0.2) is 4.79 Å². The van der Waals surface area contributed by atoms with Crippen molar-refractivity contribution in [2.45, 2.75) is 19.6 Å². The lowest BCUT2D eigenvalue weighted by atomic mass is 10.2. The van der Waals surface area contributed by atoms with E-state index in [4.69, 9.17) is 9.15 Å². The molecule has 24 heavy (non-hydrogen) atoms. The maximum absolute atomic E-state index is 12.4. The average molecular weight is 326 g/mol. The van der Waals surface area contributed by atoms with Gasteiger partial charge >= 0.3 is 5.97 Å². The zero-order chi connectivity index (χ0) is 17.1. The largest absolute Gasteiger partial charge is 0.467 e. The van der Waals surface area contributed by atoms with Crippen LogP contribution in [0.15, 0.2) is 53.3 Å². The van der Waals surface area contributed by atoms with E-state index < -0.39 is 12.1 Å². The predicted molar refractivity (Wildman–Crippen MR) is 88.4 cm³/mol. The van der Waals surface area contributed by atoms with E-state index in [0.717, 1.165) is 10.9 Å². The van der Waals surface area contributed by atoms with Crippen LogP contribution in [0.25, 0.3) is 10.9 Å². The number of hydrogen-bond acceptors (Lipinski definition) is 4. The molecule has 0 radical (unpaired) electrons. The minimum absolute atomic E-state index is 0.252. The van der Waals surface area contributed by atoms with Crippen molar-refractivity contribution in [3.05, 3.63) is 60.2 Å². The Hall–Kier alpha value is -3.02. The van der Waals surface area contributed by atoms with E-state index in [0.29, 0.717) is 11.3 Å². The number of aromatic nitrogens is 1. The molecule has 0 bridgehead atoms. The number of furan rings is 1. The van der Waals surface area contributed by atoms with Gasteiger partial charge in [0.15, 0.2) is 6.10 Å². The van der Waals surface area contributed by atoms with E-state index in [9.17, 15) is 9.59 Å². The van der Waals surface area contributed by atoms with Crippen LogP contribution in [-0.2, 0) is 23.1 Å². The number of para-hydroxylation sites is 1. The van der Waals surface area contributed by atoms with Crippen molar-refractivity contribution in [2.24, 2.45) is 7.05 Å². The number of fused-ring (bicyclic) bond motifs is 1. The van der Waals surface area contributed by atoms with E-state index in [2.05, 4.69) is 5.32 Å². The van der Waals surface area contributed by atoms with Gasteiger partial charge in [0.25, 0.3) is 5.91 Å². The Labute approximate surface area is 139 Å². The van der Waals surface area contributed by atoms with E-state index in [1.165, 1.54) is 6.26 Å². The molecule has 2 heterocycles. The number of nitrogens with one attached hydrogen (secondary N) is 1. The van der Waals surface area contributed by atoms with Crippen LogP contribution in [0.1, 0.15) is 23.0 Å². The lowest BCUT2D eigenvalue weighted by Crippen LogP contribution is -2.35. The molecule has 6 nitrogen and oxygen atoms in total. The molecule has 2 aromatic heterocycles. The van der Waals surface area contributed by atoms with E-state index >= 15 is 0 Å². The topological polar surface area (TPSA) is 73.5 Å². The van der Waals surface area contributed by atoms with E-state index in [1.807, 2.05) is 35.9 Å². The van der Waals surface area contributed by atoms with Crippen LogP contribution in [0, 0.1) is 0 Å². The third-order valence-electron chi connectivity index (χ3n) is 3.79. The van der Waals surface area contributed by atoms with Gasteiger partial charge in [-0.15, -0.1) is 0 Å². The summed E-state index contributed by atoms with van der Waals surface area (Å²) >= 11 is 0.